The van der Waals surface area contributed by atoms with E-state index < -0.39 is 5.97 Å². The van der Waals surface area contributed by atoms with Gasteiger partial charge >= 0.3 is 5.97 Å². The Kier molecular flexibility index (Phi) is 2.76. The van der Waals surface area contributed by atoms with Crippen molar-refractivity contribution in [2.75, 3.05) is 19.0 Å². The van der Waals surface area contributed by atoms with Crippen LogP contribution in [0.3, 0.4) is 0 Å². The molecule has 0 amide bonds. The number of ether oxygens (including phenoxy) is 1. The molecule has 0 aliphatic carbocycles. The van der Waals surface area contributed by atoms with Gasteiger partial charge in [-0.1, -0.05) is 0 Å². The minimum absolute atomic E-state index is 0.281. The molecule has 3 atom stereocenters. The topological polar surface area (TPSA) is 58.6 Å². The zero-order valence-electron chi connectivity index (χ0n) is 7.23. The highest BCUT2D eigenvalue weighted by Gasteiger charge is 2.35. The summed E-state index contributed by atoms with van der Waals surface area (Å²) >= 11 is 1.70. The fourth-order valence-corrected chi connectivity index (χ4v) is 3.09. The van der Waals surface area contributed by atoms with Crippen LogP contribution in [0.5, 0.6) is 0 Å². The van der Waals surface area contributed by atoms with Crippen molar-refractivity contribution >= 4 is 17.7 Å². The molecule has 0 aromatic carbocycles. The number of thioether (sulfide) groups is 1. The molecule has 5 heteroatoms. The average Bonchev–Trinajstić information content (AvgIpc) is 2.75. The van der Waals surface area contributed by atoms with Gasteiger partial charge in [-0.2, -0.15) is 0 Å². The molecule has 0 bridgehead atoms. The monoisotopic (exact) mass is 203 g/mol. The summed E-state index contributed by atoms with van der Waals surface area (Å²) in [7, 11) is 0. The van der Waals surface area contributed by atoms with Crippen molar-refractivity contribution in [1.82, 2.24) is 5.32 Å². The van der Waals surface area contributed by atoms with Crippen LogP contribution in [0, 0.1) is 5.92 Å². The smallest absolute Gasteiger partial charge is 0.321 e. The third-order valence-corrected chi connectivity index (χ3v) is 3.90. The maximum atomic E-state index is 10.7. The number of hydrogen-bond acceptors (Lipinski definition) is 4. The molecule has 2 saturated heterocycles. The van der Waals surface area contributed by atoms with Crippen LogP contribution in [0.15, 0.2) is 0 Å². The van der Waals surface area contributed by atoms with E-state index in [-0.39, 0.29) is 11.4 Å². The minimum Gasteiger partial charge on any atom is -0.480 e. The Bertz CT molecular complexity index is 206. The molecule has 0 saturated carbocycles. The summed E-state index contributed by atoms with van der Waals surface area (Å²) in [6, 6.07) is -0.365. The number of carboxylic acids is 1. The molecule has 2 aliphatic rings. The van der Waals surface area contributed by atoms with Crippen LogP contribution in [0.2, 0.25) is 0 Å². The van der Waals surface area contributed by atoms with Crippen molar-refractivity contribution < 1.29 is 14.6 Å². The third kappa shape index (κ3) is 1.98. The molecule has 0 aromatic heterocycles. The van der Waals surface area contributed by atoms with Crippen molar-refractivity contribution in [2.45, 2.75) is 17.8 Å². The van der Waals surface area contributed by atoms with Crippen LogP contribution in [0.25, 0.3) is 0 Å². The van der Waals surface area contributed by atoms with Gasteiger partial charge in [-0.05, 0) is 6.42 Å². The van der Waals surface area contributed by atoms with E-state index in [2.05, 4.69) is 5.32 Å². The molecule has 13 heavy (non-hydrogen) atoms. The van der Waals surface area contributed by atoms with Gasteiger partial charge in [0.25, 0.3) is 0 Å². The van der Waals surface area contributed by atoms with Crippen LogP contribution in [0.4, 0.5) is 0 Å². The number of carbonyl (C=O) groups is 1. The Morgan fingerprint density at radius 3 is 3.00 bits per heavy atom. The van der Waals surface area contributed by atoms with Gasteiger partial charge in [0.05, 0.1) is 12.0 Å². The highest BCUT2D eigenvalue weighted by atomic mass is 32.2. The second-order valence-corrected chi connectivity index (χ2v) is 4.61. The maximum absolute atomic E-state index is 10.7. The first kappa shape index (κ1) is 9.30. The van der Waals surface area contributed by atoms with Crippen LogP contribution >= 0.6 is 11.8 Å². The molecule has 0 spiro atoms. The van der Waals surface area contributed by atoms with Gasteiger partial charge in [0.15, 0.2) is 0 Å². The summed E-state index contributed by atoms with van der Waals surface area (Å²) < 4.78 is 5.26. The van der Waals surface area contributed by atoms with Gasteiger partial charge in [-0.3, -0.25) is 10.1 Å². The molecule has 0 aromatic rings. The molecule has 2 unspecified atom stereocenters. The molecular weight excluding hydrogens is 190 g/mol. The molecule has 2 aliphatic heterocycles. The number of carboxylic acid groups (broad SMARTS) is 1. The predicted octanol–water partition coefficient (Wildman–Crippen LogP) is 0.139. The fraction of sp³-hybridized carbons (Fsp3) is 0.875. The lowest BCUT2D eigenvalue weighted by Crippen LogP contribution is -2.39. The van der Waals surface area contributed by atoms with Gasteiger partial charge < -0.3 is 9.84 Å². The van der Waals surface area contributed by atoms with Crippen molar-refractivity contribution in [2.24, 2.45) is 5.92 Å². The summed E-state index contributed by atoms with van der Waals surface area (Å²) in [5.74, 6) is 0.430. The number of hydrogen-bond donors (Lipinski definition) is 2. The molecule has 74 valence electrons. The molecule has 2 rings (SSSR count). The maximum Gasteiger partial charge on any atom is 0.321 e. The van der Waals surface area contributed by atoms with Crippen molar-refractivity contribution in [1.29, 1.82) is 0 Å². The quantitative estimate of drug-likeness (QED) is 0.668. The largest absolute Gasteiger partial charge is 0.480 e. The normalized spacial score (nSPS) is 39.5. The Morgan fingerprint density at radius 1 is 1.62 bits per heavy atom. The highest BCUT2D eigenvalue weighted by Crippen LogP contribution is 2.29. The Hall–Kier alpha value is -0.260. The summed E-state index contributed by atoms with van der Waals surface area (Å²) in [5.41, 5.74) is 0. The summed E-state index contributed by atoms with van der Waals surface area (Å²) in [6.07, 6.45) is 1.05. The molecule has 2 fully saturated rings. The Morgan fingerprint density at radius 2 is 2.46 bits per heavy atom. The van der Waals surface area contributed by atoms with Gasteiger partial charge in [0.2, 0.25) is 0 Å². The van der Waals surface area contributed by atoms with E-state index in [4.69, 9.17) is 9.84 Å². The molecular formula is C8H13NO3S. The number of rotatable bonds is 2. The third-order valence-electron chi connectivity index (χ3n) is 2.50. The van der Waals surface area contributed by atoms with E-state index >= 15 is 0 Å². The van der Waals surface area contributed by atoms with E-state index in [1.54, 1.807) is 11.8 Å². The SMILES string of the molecule is O=C(O)[C@@H]1CSC(C2CCOC2)N1. The molecule has 4 nitrogen and oxygen atoms in total. The lowest BCUT2D eigenvalue weighted by molar-refractivity contribution is -0.138. The van der Waals surface area contributed by atoms with E-state index in [1.807, 2.05) is 0 Å². The van der Waals surface area contributed by atoms with E-state index in [1.165, 1.54) is 0 Å². The van der Waals surface area contributed by atoms with Gasteiger partial charge in [0.1, 0.15) is 6.04 Å². The van der Waals surface area contributed by atoms with Gasteiger partial charge in [-0.15, -0.1) is 11.8 Å². The van der Waals surface area contributed by atoms with Gasteiger partial charge in [0, 0.05) is 18.3 Å². The fourth-order valence-electron chi connectivity index (χ4n) is 1.70. The second-order valence-electron chi connectivity index (χ2n) is 3.44. The first-order chi connectivity index (χ1) is 6.27. The van der Waals surface area contributed by atoms with Crippen molar-refractivity contribution in [3.63, 3.8) is 0 Å². The number of nitrogens with one attached hydrogen (secondary N) is 1. The lowest BCUT2D eigenvalue weighted by Gasteiger charge is -2.16. The zero-order valence-corrected chi connectivity index (χ0v) is 8.05. The summed E-state index contributed by atoms with van der Waals surface area (Å²) in [6.45, 7) is 1.60. The van der Waals surface area contributed by atoms with E-state index in [0.717, 1.165) is 19.6 Å². The second kappa shape index (κ2) is 3.86. The summed E-state index contributed by atoms with van der Waals surface area (Å²) in [5, 5.41) is 12.2. The first-order valence-corrected chi connectivity index (χ1v) is 5.50. The average molecular weight is 203 g/mol. The summed E-state index contributed by atoms with van der Waals surface area (Å²) in [4.78, 5) is 10.7. The van der Waals surface area contributed by atoms with Crippen molar-refractivity contribution in [3.8, 4) is 0 Å². The number of aliphatic carboxylic acids is 1. The van der Waals surface area contributed by atoms with Crippen LogP contribution in [-0.2, 0) is 9.53 Å². The standard InChI is InChI=1S/C8H13NO3S/c10-8(11)6-4-13-7(9-6)5-1-2-12-3-5/h5-7,9H,1-4H2,(H,10,11)/t5?,6-,7?/m0/s1. The van der Waals surface area contributed by atoms with Crippen LogP contribution < -0.4 is 5.32 Å². The van der Waals surface area contributed by atoms with Crippen LogP contribution in [0.1, 0.15) is 6.42 Å². The van der Waals surface area contributed by atoms with E-state index in [9.17, 15) is 4.79 Å². The van der Waals surface area contributed by atoms with Gasteiger partial charge in [-0.25, -0.2) is 0 Å². The van der Waals surface area contributed by atoms with Crippen molar-refractivity contribution in [3.05, 3.63) is 0 Å². The zero-order chi connectivity index (χ0) is 9.26. The molecule has 2 N–H and O–H groups in total. The molecule has 0 radical (unpaired) electrons. The molecule has 2 heterocycles. The predicted molar refractivity (Wildman–Crippen MR) is 49.7 cm³/mol. The van der Waals surface area contributed by atoms with Crippen LogP contribution in [-0.4, -0.2) is 41.5 Å². The highest BCUT2D eigenvalue weighted by molar-refractivity contribution is 8.00. The Balaban J connectivity index is 1.86. The Labute approximate surface area is 81.0 Å². The lowest BCUT2D eigenvalue weighted by atomic mass is 10.1. The van der Waals surface area contributed by atoms with E-state index in [0.29, 0.717) is 11.7 Å². The minimum atomic E-state index is -0.742. The first-order valence-electron chi connectivity index (χ1n) is 4.45.